The van der Waals surface area contributed by atoms with Crippen LogP contribution in [0.1, 0.15) is 5.56 Å². The first-order chi connectivity index (χ1) is 15.1. The number of benzene rings is 2. The molecule has 4 rings (SSSR count). The lowest BCUT2D eigenvalue weighted by Crippen LogP contribution is -2.19. The van der Waals surface area contributed by atoms with Gasteiger partial charge in [-0.25, -0.2) is 5.43 Å². The monoisotopic (exact) mass is 495 g/mol. The van der Waals surface area contributed by atoms with E-state index in [1.54, 1.807) is 12.4 Å². The summed E-state index contributed by atoms with van der Waals surface area (Å²) in [6, 6.07) is 17.6. The number of aromatic nitrogens is 5. The molecule has 2 N–H and O–H groups in total. The third kappa shape index (κ3) is 5.09. The maximum atomic E-state index is 12.2. The van der Waals surface area contributed by atoms with Crippen LogP contribution in [0.3, 0.4) is 0 Å². The van der Waals surface area contributed by atoms with Crippen molar-refractivity contribution in [1.82, 2.24) is 30.4 Å². The fraction of sp³-hybridized carbons (Fsp3) is 0.0952. The molecular formula is C21H18BrN7OS. The van der Waals surface area contributed by atoms with Crippen molar-refractivity contribution >= 4 is 39.8 Å². The fourth-order valence-corrected chi connectivity index (χ4v) is 3.99. The van der Waals surface area contributed by atoms with E-state index in [-0.39, 0.29) is 11.7 Å². The first kappa shape index (κ1) is 21.0. The van der Waals surface area contributed by atoms with Crippen LogP contribution < -0.4 is 5.43 Å². The zero-order valence-electron chi connectivity index (χ0n) is 16.5. The number of thioether (sulfide) groups is 1. The molecule has 0 bridgehead atoms. The van der Waals surface area contributed by atoms with Crippen LogP contribution in [-0.2, 0) is 11.8 Å². The topological polar surface area (TPSA) is 101 Å². The van der Waals surface area contributed by atoms with Crippen LogP contribution in [0.15, 0.2) is 75.5 Å². The Morgan fingerprint density at radius 3 is 2.81 bits per heavy atom. The van der Waals surface area contributed by atoms with Crippen molar-refractivity contribution in [3.63, 3.8) is 0 Å². The summed E-state index contributed by atoms with van der Waals surface area (Å²) in [5, 5.41) is 20.1. The number of nitrogens with zero attached hydrogens (tertiary/aromatic N) is 5. The van der Waals surface area contributed by atoms with E-state index in [2.05, 4.69) is 46.9 Å². The number of hydrazone groups is 1. The van der Waals surface area contributed by atoms with Crippen LogP contribution in [0.5, 0.6) is 0 Å². The van der Waals surface area contributed by atoms with Crippen LogP contribution in [0.25, 0.3) is 22.6 Å². The fourth-order valence-electron chi connectivity index (χ4n) is 2.89. The van der Waals surface area contributed by atoms with Crippen molar-refractivity contribution in [2.75, 3.05) is 5.75 Å². The Labute approximate surface area is 191 Å². The van der Waals surface area contributed by atoms with E-state index in [9.17, 15) is 4.79 Å². The van der Waals surface area contributed by atoms with Gasteiger partial charge in [0, 0.05) is 28.2 Å². The van der Waals surface area contributed by atoms with Gasteiger partial charge in [-0.15, -0.1) is 10.2 Å². The summed E-state index contributed by atoms with van der Waals surface area (Å²) >= 11 is 4.76. The summed E-state index contributed by atoms with van der Waals surface area (Å²) < 4.78 is 2.83. The largest absolute Gasteiger partial charge is 0.305 e. The predicted molar refractivity (Wildman–Crippen MR) is 125 cm³/mol. The molecule has 2 aromatic heterocycles. The second-order valence-electron chi connectivity index (χ2n) is 6.52. The number of carbonyl (C=O) groups is 1. The molecule has 0 aliphatic rings. The lowest BCUT2D eigenvalue weighted by Gasteiger charge is -2.04. The van der Waals surface area contributed by atoms with Crippen LogP contribution >= 0.6 is 27.7 Å². The smallest absolute Gasteiger partial charge is 0.250 e. The highest BCUT2D eigenvalue weighted by Gasteiger charge is 2.13. The van der Waals surface area contributed by atoms with E-state index in [4.69, 9.17) is 0 Å². The van der Waals surface area contributed by atoms with Gasteiger partial charge in [-0.2, -0.15) is 10.2 Å². The maximum absolute atomic E-state index is 12.2. The Kier molecular flexibility index (Phi) is 6.58. The number of hydrogen-bond donors (Lipinski definition) is 2. The van der Waals surface area contributed by atoms with Gasteiger partial charge in [0.25, 0.3) is 5.91 Å². The molecule has 0 fully saturated rings. The summed E-state index contributed by atoms with van der Waals surface area (Å²) in [5.41, 5.74) is 6.10. The quantitative estimate of drug-likeness (QED) is 0.230. The van der Waals surface area contributed by atoms with Gasteiger partial charge >= 0.3 is 0 Å². The Hall–Kier alpha value is -3.24. The Morgan fingerprint density at radius 1 is 1.19 bits per heavy atom. The minimum absolute atomic E-state index is 0.165. The molecule has 156 valence electrons. The molecule has 10 heteroatoms. The Bertz CT molecular complexity index is 1220. The minimum Gasteiger partial charge on any atom is -0.305 e. The molecule has 0 radical (unpaired) electrons. The summed E-state index contributed by atoms with van der Waals surface area (Å²) in [6.45, 7) is 0. The highest BCUT2D eigenvalue weighted by atomic mass is 79.9. The molecule has 2 aromatic carbocycles. The van der Waals surface area contributed by atoms with E-state index in [1.807, 2.05) is 66.2 Å². The van der Waals surface area contributed by atoms with Crippen molar-refractivity contribution < 1.29 is 4.79 Å². The molecule has 0 aliphatic carbocycles. The van der Waals surface area contributed by atoms with Crippen LogP contribution in [0, 0.1) is 0 Å². The highest BCUT2D eigenvalue weighted by Crippen LogP contribution is 2.24. The Morgan fingerprint density at radius 2 is 2.00 bits per heavy atom. The molecule has 2 heterocycles. The summed E-state index contributed by atoms with van der Waals surface area (Å²) in [5.74, 6) is 0.660. The molecule has 31 heavy (non-hydrogen) atoms. The lowest BCUT2D eigenvalue weighted by atomic mass is 10.1. The standard InChI is InChI=1S/C21H18BrN7OS/c1-29-20(15-8-5-9-17(22)10-15)27-28-21(29)31-13-18(30)25-23-11-16-12-24-26-19(16)14-6-3-2-4-7-14/h2-12H,13H2,1H3,(H,24,26)(H,25,30). The molecule has 4 aromatic rings. The number of H-pyrrole nitrogens is 1. The molecule has 0 saturated heterocycles. The SMILES string of the molecule is Cn1c(SCC(=O)NN=Cc2cn[nH]c2-c2ccccc2)nnc1-c1cccc(Br)c1. The number of hydrogen-bond acceptors (Lipinski definition) is 6. The number of amides is 1. The predicted octanol–water partition coefficient (Wildman–Crippen LogP) is 3.88. The Balaban J connectivity index is 1.34. The summed E-state index contributed by atoms with van der Waals surface area (Å²) in [7, 11) is 1.87. The lowest BCUT2D eigenvalue weighted by molar-refractivity contribution is -0.118. The molecule has 0 spiro atoms. The normalized spacial score (nSPS) is 11.2. The average Bonchev–Trinajstić information content (AvgIpc) is 3.39. The van der Waals surface area contributed by atoms with E-state index in [1.165, 1.54) is 11.8 Å². The molecule has 0 atom stereocenters. The van der Waals surface area contributed by atoms with Crippen molar-refractivity contribution in [3.8, 4) is 22.6 Å². The summed E-state index contributed by atoms with van der Waals surface area (Å²) in [4.78, 5) is 12.2. The van der Waals surface area contributed by atoms with Gasteiger partial charge in [-0.3, -0.25) is 9.89 Å². The number of rotatable bonds is 7. The van der Waals surface area contributed by atoms with Gasteiger partial charge < -0.3 is 4.57 Å². The van der Waals surface area contributed by atoms with Crippen LogP contribution in [0.4, 0.5) is 0 Å². The first-order valence-electron chi connectivity index (χ1n) is 9.30. The van der Waals surface area contributed by atoms with Crippen molar-refractivity contribution in [2.45, 2.75) is 5.16 Å². The molecular weight excluding hydrogens is 478 g/mol. The number of halogens is 1. The van der Waals surface area contributed by atoms with Crippen molar-refractivity contribution in [1.29, 1.82) is 0 Å². The molecule has 0 unspecified atom stereocenters. The molecule has 8 nitrogen and oxygen atoms in total. The number of aromatic amines is 1. The van der Waals surface area contributed by atoms with Gasteiger partial charge in [0.05, 0.1) is 23.9 Å². The first-order valence-corrected chi connectivity index (χ1v) is 11.1. The van der Waals surface area contributed by atoms with Gasteiger partial charge in [0.15, 0.2) is 11.0 Å². The summed E-state index contributed by atoms with van der Waals surface area (Å²) in [6.07, 6.45) is 3.23. The van der Waals surface area contributed by atoms with Gasteiger partial charge in [-0.1, -0.05) is 70.2 Å². The molecule has 0 aliphatic heterocycles. The third-order valence-corrected chi connectivity index (χ3v) is 5.89. The van der Waals surface area contributed by atoms with Crippen LogP contribution in [-0.4, -0.2) is 42.8 Å². The molecule has 0 saturated carbocycles. The van der Waals surface area contributed by atoms with E-state index < -0.39 is 0 Å². The van der Waals surface area contributed by atoms with E-state index >= 15 is 0 Å². The van der Waals surface area contributed by atoms with E-state index in [0.717, 1.165) is 32.7 Å². The minimum atomic E-state index is -0.238. The zero-order chi connectivity index (χ0) is 21.6. The zero-order valence-corrected chi connectivity index (χ0v) is 18.9. The number of carbonyl (C=O) groups excluding carboxylic acids is 1. The van der Waals surface area contributed by atoms with Crippen LogP contribution in [0.2, 0.25) is 0 Å². The second kappa shape index (κ2) is 9.71. The van der Waals surface area contributed by atoms with Crippen molar-refractivity contribution in [2.24, 2.45) is 12.1 Å². The van der Waals surface area contributed by atoms with E-state index in [0.29, 0.717) is 5.16 Å². The van der Waals surface area contributed by atoms with Gasteiger partial charge in [0.2, 0.25) is 0 Å². The third-order valence-electron chi connectivity index (χ3n) is 4.37. The highest BCUT2D eigenvalue weighted by molar-refractivity contribution is 9.10. The van der Waals surface area contributed by atoms with Crippen molar-refractivity contribution in [3.05, 3.63) is 70.8 Å². The number of nitrogens with one attached hydrogen (secondary N) is 2. The van der Waals surface area contributed by atoms with Gasteiger partial charge in [0.1, 0.15) is 0 Å². The molecule has 1 amide bonds. The maximum Gasteiger partial charge on any atom is 0.250 e. The van der Waals surface area contributed by atoms with Gasteiger partial charge in [-0.05, 0) is 12.1 Å². The second-order valence-corrected chi connectivity index (χ2v) is 8.38. The average molecular weight is 496 g/mol.